The summed E-state index contributed by atoms with van der Waals surface area (Å²) in [7, 11) is 0. The molecule has 1 aromatic carbocycles. The van der Waals surface area contributed by atoms with Crippen molar-refractivity contribution < 1.29 is 14.1 Å². The maximum absolute atomic E-state index is 12.5. The Hall–Kier alpha value is -3.05. The third-order valence-electron chi connectivity index (χ3n) is 5.42. The van der Waals surface area contributed by atoms with Crippen LogP contribution < -0.4 is 10.2 Å². The van der Waals surface area contributed by atoms with E-state index in [1.807, 2.05) is 16.7 Å². The van der Waals surface area contributed by atoms with E-state index in [-0.39, 0.29) is 22.2 Å². The Bertz CT molecular complexity index is 1130. The van der Waals surface area contributed by atoms with Gasteiger partial charge in [0.1, 0.15) is 11.4 Å². The van der Waals surface area contributed by atoms with Crippen molar-refractivity contribution in [2.24, 2.45) is 5.92 Å². The summed E-state index contributed by atoms with van der Waals surface area (Å²) >= 11 is 7.05. The fraction of sp³-hybridized carbons (Fsp3) is 0.381. The SMILES string of the molecule is CC1CCN(c2nnc(SCC(=O)Nc3ccc(Cl)cc3[N+](=O)[O-])n2Cc2ccco2)CC1. The van der Waals surface area contributed by atoms with E-state index < -0.39 is 10.8 Å². The molecule has 174 valence electrons. The number of thioether (sulfide) groups is 1. The van der Waals surface area contributed by atoms with E-state index in [2.05, 4.69) is 27.3 Å². The van der Waals surface area contributed by atoms with E-state index in [1.54, 1.807) is 6.26 Å². The smallest absolute Gasteiger partial charge is 0.294 e. The van der Waals surface area contributed by atoms with Gasteiger partial charge in [-0.25, -0.2) is 0 Å². The Morgan fingerprint density at radius 1 is 1.33 bits per heavy atom. The van der Waals surface area contributed by atoms with Crippen molar-refractivity contribution in [3.05, 3.63) is 57.5 Å². The second kappa shape index (κ2) is 10.3. The van der Waals surface area contributed by atoms with Gasteiger partial charge in [0.15, 0.2) is 5.16 Å². The number of amides is 1. The normalized spacial score (nSPS) is 14.4. The number of nitrogens with one attached hydrogen (secondary N) is 1. The molecule has 2 aromatic heterocycles. The average Bonchev–Trinajstić information content (AvgIpc) is 3.44. The minimum absolute atomic E-state index is 0.00705. The quantitative estimate of drug-likeness (QED) is 0.279. The van der Waals surface area contributed by atoms with Gasteiger partial charge in [-0.1, -0.05) is 30.3 Å². The number of carbonyl (C=O) groups is 1. The number of nitrogens with zero attached hydrogens (tertiary/aromatic N) is 5. The van der Waals surface area contributed by atoms with Crippen LogP contribution in [-0.2, 0) is 11.3 Å². The van der Waals surface area contributed by atoms with E-state index in [0.29, 0.717) is 17.6 Å². The number of carbonyl (C=O) groups excluding carboxylic acids is 1. The number of piperidine rings is 1. The first-order valence-corrected chi connectivity index (χ1v) is 11.8. The van der Waals surface area contributed by atoms with Crippen LogP contribution in [0.2, 0.25) is 5.02 Å². The third-order valence-corrected chi connectivity index (χ3v) is 6.62. The summed E-state index contributed by atoms with van der Waals surface area (Å²) in [5, 5.41) is 23.3. The fourth-order valence-corrected chi connectivity index (χ4v) is 4.50. The molecule has 10 nitrogen and oxygen atoms in total. The number of halogens is 1. The number of anilines is 2. The Kier molecular flexibility index (Phi) is 7.19. The zero-order chi connectivity index (χ0) is 23.4. The van der Waals surface area contributed by atoms with E-state index >= 15 is 0 Å². The summed E-state index contributed by atoms with van der Waals surface area (Å²) < 4.78 is 7.45. The third kappa shape index (κ3) is 5.66. The Morgan fingerprint density at radius 3 is 2.82 bits per heavy atom. The molecule has 1 aliphatic heterocycles. The number of benzene rings is 1. The molecule has 3 aromatic rings. The van der Waals surface area contributed by atoms with Crippen molar-refractivity contribution in [3.63, 3.8) is 0 Å². The van der Waals surface area contributed by atoms with Gasteiger partial charge in [-0.15, -0.1) is 10.2 Å². The molecule has 0 aliphatic carbocycles. The highest BCUT2D eigenvalue weighted by atomic mass is 35.5. The first-order chi connectivity index (χ1) is 15.9. The number of furan rings is 1. The highest BCUT2D eigenvalue weighted by Crippen LogP contribution is 2.29. The molecule has 0 unspecified atom stereocenters. The molecule has 0 bridgehead atoms. The molecule has 1 amide bonds. The van der Waals surface area contributed by atoms with Crippen LogP contribution in [0.5, 0.6) is 0 Å². The summed E-state index contributed by atoms with van der Waals surface area (Å²) in [4.78, 5) is 25.4. The molecule has 3 heterocycles. The van der Waals surface area contributed by atoms with Crippen LogP contribution in [0.25, 0.3) is 0 Å². The second-order valence-corrected chi connectivity index (χ2v) is 9.25. The number of hydrogen-bond donors (Lipinski definition) is 1. The van der Waals surface area contributed by atoms with Gasteiger partial charge >= 0.3 is 0 Å². The van der Waals surface area contributed by atoms with Gasteiger partial charge in [-0.3, -0.25) is 19.5 Å². The predicted molar refractivity (Wildman–Crippen MR) is 126 cm³/mol. The molecule has 1 aliphatic rings. The lowest BCUT2D eigenvalue weighted by Crippen LogP contribution is -2.35. The number of nitro groups is 1. The van der Waals surface area contributed by atoms with Gasteiger partial charge in [-0.05, 0) is 43.0 Å². The van der Waals surface area contributed by atoms with Gasteiger partial charge in [0.05, 0.1) is 23.5 Å². The molecule has 12 heteroatoms. The summed E-state index contributed by atoms with van der Waals surface area (Å²) in [6, 6.07) is 7.81. The zero-order valence-corrected chi connectivity index (χ0v) is 19.5. The van der Waals surface area contributed by atoms with E-state index in [1.165, 1.54) is 30.0 Å². The van der Waals surface area contributed by atoms with Gasteiger partial charge in [-0.2, -0.15) is 0 Å². The maximum atomic E-state index is 12.5. The summed E-state index contributed by atoms with van der Waals surface area (Å²) in [6.45, 7) is 4.47. The van der Waals surface area contributed by atoms with Gasteiger partial charge < -0.3 is 14.6 Å². The van der Waals surface area contributed by atoms with Crippen LogP contribution in [-0.4, -0.2) is 44.4 Å². The number of aromatic nitrogens is 3. The van der Waals surface area contributed by atoms with Crippen molar-refractivity contribution >= 4 is 46.6 Å². The minimum Gasteiger partial charge on any atom is -0.467 e. The van der Waals surface area contributed by atoms with Crippen LogP contribution >= 0.6 is 23.4 Å². The Balaban J connectivity index is 1.48. The van der Waals surface area contributed by atoms with Crippen LogP contribution in [0.3, 0.4) is 0 Å². The van der Waals surface area contributed by atoms with Crippen LogP contribution in [0.4, 0.5) is 17.3 Å². The molecule has 0 radical (unpaired) electrons. The van der Waals surface area contributed by atoms with Crippen molar-refractivity contribution in [2.45, 2.75) is 31.5 Å². The first kappa shape index (κ1) is 23.1. The summed E-state index contributed by atoms with van der Waals surface area (Å²) in [5.74, 6) is 1.79. The molecule has 0 atom stereocenters. The fourth-order valence-electron chi connectivity index (χ4n) is 3.60. The van der Waals surface area contributed by atoms with Crippen molar-refractivity contribution in [1.29, 1.82) is 0 Å². The van der Waals surface area contributed by atoms with Crippen LogP contribution in [0, 0.1) is 16.0 Å². The van der Waals surface area contributed by atoms with E-state index in [4.69, 9.17) is 16.0 Å². The van der Waals surface area contributed by atoms with E-state index in [9.17, 15) is 14.9 Å². The van der Waals surface area contributed by atoms with Crippen LogP contribution in [0.1, 0.15) is 25.5 Å². The zero-order valence-electron chi connectivity index (χ0n) is 17.9. The summed E-state index contributed by atoms with van der Waals surface area (Å²) in [6.07, 6.45) is 3.78. The lowest BCUT2D eigenvalue weighted by Gasteiger charge is -2.31. The number of nitro benzene ring substituents is 1. The Labute approximate surface area is 199 Å². The van der Waals surface area contributed by atoms with Gasteiger partial charge in [0.25, 0.3) is 5.69 Å². The molecule has 33 heavy (non-hydrogen) atoms. The standard InChI is InChI=1S/C21H23ClN6O4S/c1-14-6-8-26(9-7-14)20-24-25-21(27(20)12-16-3-2-10-32-16)33-13-19(29)23-17-5-4-15(22)11-18(17)28(30)31/h2-5,10-11,14H,6-9,12-13H2,1H3,(H,23,29). The highest BCUT2D eigenvalue weighted by molar-refractivity contribution is 7.99. The van der Waals surface area contributed by atoms with E-state index in [0.717, 1.165) is 37.6 Å². The van der Waals surface area contributed by atoms with Crippen molar-refractivity contribution in [3.8, 4) is 0 Å². The second-order valence-electron chi connectivity index (χ2n) is 7.87. The molecule has 0 saturated carbocycles. The minimum atomic E-state index is -0.583. The molecule has 1 saturated heterocycles. The lowest BCUT2D eigenvalue weighted by molar-refractivity contribution is -0.383. The maximum Gasteiger partial charge on any atom is 0.294 e. The topological polar surface area (TPSA) is 119 Å². The summed E-state index contributed by atoms with van der Waals surface area (Å²) in [5.41, 5.74) is -0.168. The number of hydrogen-bond acceptors (Lipinski definition) is 8. The lowest BCUT2D eigenvalue weighted by atomic mass is 10.00. The van der Waals surface area contributed by atoms with Gasteiger partial charge in [0.2, 0.25) is 11.9 Å². The monoisotopic (exact) mass is 490 g/mol. The van der Waals surface area contributed by atoms with Crippen LogP contribution in [0.15, 0.2) is 46.2 Å². The number of rotatable bonds is 8. The van der Waals surface area contributed by atoms with Gasteiger partial charge in [0, 0.05) is 24.2 Å². The predicted octanol–water partition coefficient (Wildman–Crippen LogP) is 4.45. The average molecular weight is 491 g/mol. The first-order valence-electron chi connectivity index (χ1n) is 10.5. The molecular weight excluding hydrogens is 468 g/mol. The molecule has 1 fully saturated rings. The van der Waals surface area contributed by atoms with Crippen molar-refractivity contribution in [2.75, 3.05) is 29.1 Å². The molecule has 0 spiro atoms. The largest absolute Gasteiger partial charge is 0.467 e. The van der Waals surface area contributed by atoms with Crippen molar-refractivity contribution in [1.82, 2.24) is 14.8 Å². The molecule has 4 rings (SSSR count). The molecule has 1 N–H and O–H groups in total. The highest BCUT2D eigenvalue weighted by Gasteiger charge is 2.24. The molecular formula is C21H23ClN6O4S. The Morgan fingerprint density at radius 2 is 2.12 bits per heavy atom.